The van der Waals surface area contributed by atoms with Crippen LogP contribution < -0.4 is 0 Å². The molecule has 0 unspecified atom stereocenters. The van der Waals surface area contributed by atoms with Crippen molar-refractivity contribution in [3.8, 4) is 0 Å². The Kier molecular flexibility index (Phi) is 53.5. The van der Waals surface area contributed by atoms with Crippen molar-refractivity contribution in [3.05, 3.63) is 0 Å². The first-order valence-electron chi connectivity index (χ1n) is 25.1. The molecule has 0 aliphatic heterocycles. The van der Waals surface area contributed by atoms with Crippen molar-refractivity contribution in [1.29, 1.82) is 0 Å². The lowest BCUT2D eigenvalue weighted by atomic mass is 9.78. The highest BCUT2D eigenvalue weighted by atomic mass is 16.7. The molecule has 0 bridgehead atoms. The lowest BCUT2D eigenvalue weighted by molar-refractivity contribution is -0.265. The maximum Gasteiger partial charge on any atom is 0.167 e. The molecule has 0 aliphatic carbocycles. The van der Waals surface area contributed by atoms with Gasteiger partial charge in [-0.15, -0.1) is 0 Å². The topological polar surface area (TPSA) is 36.9 Å². The lowest BCUT2D eigenvalue weighted by Crippen LogP contribution is -2.42. The summed E-state index contributed by atoms with van der Waals surface area (Å²) < 4.78 is 24.2. The smallest absolute Gasteiger partial charge is 0.167 e. The van der Waals surface area contributed by atoms with Crippen molar-refractivity contribution in [2.45, 2.75) is 295 Å². The predicted octanol–water partition coefficient (Wildman–Crippen LogP) is 19.7. The zero-order valence-electron chi connectivity index (χ0n) is 43.0. The molecule has 368 valence electrons. The number of hydrogen-bond acceptors (Lipinski definition) is 4. The Morgan fingerprint density at radius 1 is 0.237 bits per heavy atom. The molecule has 0 aromatic carbocycles. The maximum absolute atomic E-state index is 6.47. The van der Waals surface area contributed by atoms with E-state index in [1.165, 1.54) is 103 Å². The van der Waals surface area contributed by atoms with E-state index in [1.54, 1.807) is 0 Å². The summed E-state index contributed by atoms with van der Waals surface area (Å²) in [6, 6.07) is 0. The molecule has 0 aliphatic rings. The average molecular weight is 850 g/mol. The van der Waals surface area contributed by atoms with Crippen LogP contribution >= 0.6 is 0 Å². The fraction of sp³-hybridized carbons (Fsp3) is 1.00. The molecule has 0 atom stereocenters. The summed E-state index contributed by atoms with van der Waals surface area (Å²) in [6.45, 7) is 50.7. The fourth-order valence-electron chi connectivity index (χ4n) is 7.87. The minimum atomic E-state index is -0.407. The van der Waals surface area contributed by atoms with Gasteiger partial charge in [-0.1, -0.05) is 186 Å². The molecule has 0 N–H and O–H groups in total. The highest BCUT2D eigenvalue weighted by Crippen LogP contribution is 2.38. The summed E-state index contributed by atoms with van der Waals surface area (Å²) in [5.74, 6) is -0.407. The normalized spacial score (nSPS) is 12.0. The van der Waals surface area contributed by atoms with E-state index < -0.39 is 5.79 Å². The van der Waals surface area contributed by atoms with Crippen LogP contribution in [0.3, 0.4) is 0 Å². The summed E-state index contributed by atoms with van der Waals surface area (Å²) >= 11 is 0. The largest absolute Gasteiger partial charge is 0.381 e. The molecule has 4 nitrogen and oxygen atoms in total. The van der Waals surface area contributed by atoms with Crippen molar-refractivity contribution in [2.75, 3.05) is 39.6 Å². The molecule has 0 aromatic heterocycles. The first-order chi connectivity index (χ1) is 26.6. The van der Waals surface area contributed by atoms with E-state index in [4.69, 9.17) is 18.9 Å². The van der Waals surface area contributed by atoms with Crippen LogP contribution in [0.25, 0.3) is 0 Å². The van der Waals surface area contributed by atoms with Crippen molar-refractivity contribution in [1.82, 2.24) is 0 Å². The zero-order chi connectivity index (χ0) is 44.2. The van der Waals surface area contributed by atoms with Gasteiger partial charge in [-0.05, 0) is 130 Å². The van der Waals surface area contributed by atoms with Gasteiger partial charge < -0.3 is 18.9 Å². The first-order valence-corrected chi connectivity index (χ1v) is 25.1. The standard InChI is InChI=1S/C21H44O2.C16H34O.C9H20.C6H14O.3CH4/c1-9-19(10-2,11-3)17-22-21(15-7,16-8)23-18-20(12-4,13-5)14-6;1-7-15(8-2,9-3)13-17-14-16(10-4,11-5)12-6;1-5-9(6-2,7-3)8-4;1-3-5-7-6-4-2;;;/h9-18H2,1-8H3;7-14H2,1-6H3;5-8H2,1-4H3;3-6H2,1-2H3;3*1H4. The molecule has 0 amide bonds. The van der Waals surface area contributed by atoms with Crippen LogP contribution in [0.1, 0.15) is 289 Å². The van der Waals surface area contributed by atoms with Crippen LogP contribution in [0.4, 0.5) is 0 Å². The Bertz CT molecular complexity index is 682. The molecular formula is C55H124O4. The van der Waals surface area contributed by atoms with Gasteiger partial charge in [-0.2, -0.15) is 0 Å². The van der Waals surface area contributed by atoms with Crippen molar-refractivity contribution >= 4 is 0 Å². The molecule has 0 aromatic rings. The van der Waals surface area contributed by atoms with Gasteiger partial charge in [0.05, 0.1) is 26.4 Å². The molecule has 0 radical (unpaired) electrons. The van der Waals surface area contributed by atoms with E-state index in [-0.39, 0.29) is 22.3 Å². The highest BCUT2D eigenvalue weighted by Gasteiger charge is 2.36. The third-order valence-electron chi connectivity index (χ3n) is 15.9. The highest BCUT2D eigenvalue weighted by molar-refractivity contribution is 4.81. The lowest BCUT2D eigenvalue weighted by Gasteiger charge is -2.41. The third-order valence-corrected chi connectivity index (χ3v) is 15.9. The molecule has 0 saturated carbocycles. The predicted molar refractivity (Wildman–Crippen MR) is 274 cm³/mol. The Morgan fingerprint density at radius 2 is 0.441 bits per heavy atom. The van der Waals surface area contributed by atoms with Gasteiger partial charge in [-0.25, -0.2) is 0 Å². The maximum atomic E-state index is 6.47. The van der Waals surface area contributed by atoms with E-state index in [0.29, 0.717) is 27.1 Å². The van der Waals surface area contributed by atoms with Crippen LogP contribution in [0, 0.1) is 27.1 Å². The van der Waals surface area contributed by atoms with Crippen molar-refractivity contribution < 1.29 is 18.9 Å². The monoisotopic (exact) mass is 849 g/mol. The summed E-state index contributed by atoms with van der Waals surface area (Å²) in [5.41, 5.74) is 2.11. The van der Waals surface area contributed by atoms with E-state index in [2.05, 4.69) is 138 Å². The zero-order valence-corrected chi connectivity index (χ0v) is 43.0. The Morgan fingerprint density at radius 3 is 0.593 bits per heavy atom. The van der Waals surface area contributed by atoms with Gasteiger partial charge in [0.2, 0.25) is 0 Å². The number of hydrogen-bond donors (Lipinski definition) is 0. The molecular weight excluding hydrogens is 725 g/mol. The summed E-state index contributed by atoms with van der Waals surface area (Å²) in [6.07, 6.45) is 23.9. The van der Waals surface area contributed by atoms with Gasteiger partial charge in [0.25, 0.3) is 0 Å². The fourth-order valence-corrected chi connectivity index (χ4v) is 7.87. The third kappa shape index (κ3) is 28.3. The molecule has 0 saturated heterocycles. The minimum Gasteiger partial charge on any atom is -0.381 e. The van der Waals surface area contributed by atoms with Gasteiger partial charge in [-0.3, -0.25) is 0 Å². The van der Waals surface area contributed by atoms with Crippen molar-refractivity contribution in [3.63, 3.8) is 0 Å². The van der Waals surface area contributed by atoms with Crippen LogP contribution in [0.2, 0.25) is 0 Å². The van der Waals surface area contributed by atoms with Gasteiger partial charge in [0.1, 0.15) is 0 Å². The Labute approximate surface area is 379 Å². The van der Waals surface area contributed by atoms with Crippen molar-refractivity contribution in [2.24, 2.45) is 27.1 Å². The molecule has 0 fully saturated rings. The van der Waals surface area contributed by atoms with Gasteiger partial charge in [0, 0.05) is 13.2 Å². The quantitative estimate of drug-likeness (QED) is 0.0499. The van der Waals surface area contributed by atoms with Gasteiger partial charge in [0.15, 0.2) is 5.79 Å². The van der Waals surface area contributed by atoms with E-state index in [0.717, 1.165) is 65.3 Å². The Hall–Kier alpha value is -0.160. The SMILES string of the molecule is C.C.C.CCC(CC)(CC)CC.CCC(CC)(CC)COC(CC)(CC)OCC(CC)(CC)CC.CCC(CC)(CC)COCC(CC)(CC)CC.CCCOCCC. The molecule has 59 heavy (non-hydrogen) atoms. The molecule has 0 rings (SSSR count). The molecule has 0 heterocycles. The number of rotatable bonds is 32. The second kappa shape index (κ2) is 43.1. The minimum absolute atomic E-state index is 0. The van der Waals surface area contributed by atoms with Crippen LogP contribution in [0.15, 0.2) is 0 Å². The number of ether oxygens (including phenoxy) is 4. The second-order valence-corrected chi connectivity index (χ2v) is 17.5. The van der Waals surface area contributed by atoms with E-state index in [9.17, 15) is 0 Å². The second-order valence-electron chi connectivity index (χ2n) is 17.5. The van der Waals surface area contributed by atoms with Crippen LogP contribution in [0.5, 0.6) is 0 Å². The van der Waals surface area contributed by atoms with Gasteiger partial charge >= 0.3 is 0 Å². The summed E-state index contributed by atoms with van der Waals surface area (Å²) in [7, 11) is 0. The summed E-state index contributed by atoms with van der Waals surface area (Å²) in [4.78, 5) is 0. The first kappa shape index (κ1) is 73.2. The Balaban J connectivity index is -0.000000132. The van der Waals surface area contributed by atoms with E-state index >= 15 is 0 Å². The molecule has 4 heteroatoms. The summed E-state index contributed by atoms with van der Waals surface area (Å²) in [5, 5.41) is 0. The van der Waals surface area contributed by atoms with Crippen LogP contribution in [-0.2, 0) is 18.9 Å². The average Bonchev–Trinajstić information content (AvgIpc) is 3.26. The van der Waals surface area contributed by atoms with Crippen LogP contribution in [-0.4, -0.2) is 45.4 Å². The molecule has 0 spiro atoms. The van der Waals surface area contributed by atoms with E-state index in [1.807, 2.05) is 0 Å².